The van der Waals surface area contributed by atoms with Crippen LogP contribution < -0.4 is 14.4 Å². The molecule has 182 valence electrons. The second-order valence-corrected chi connectivity index (χ2v) is 8.80. The lowest BCUT2D eigenvalue weighted by Gasteiger charge is -2.36. The number of fused-ring (bicyclic) bond motifs is 1. The highest BCUT2D eigenvalue weighted by Gasteiger charge is 2.31. The molecular weight excluding hydrogens is 454 g/mol. The first kappa shape index (κ1) is 23.0. The summed E-state index contributed by atoms with van der Waals surface area (Å²) in [5.41, 5.74) is 2.42. The lowest BCUT2D eigenvalue weighted by atomic mass is 9.93. The summed E-state index contributed by atoms with van der Waals surface area (Å²) in [6, 6.07) is 10.8. The summed E-state index contributed by atoms with van der Waals surface area (Å²) >= 11 is 0. The molecule has 0 N–H and O–H groups in total. The standard InChI is InChI=1S/C26H26F2N4O3/c1-34-21-4-2-19-15-32(11-8-18(19)12-21)26(33)17-6-9-31(10-7-17)24-14-25(30-16-29-24)35-23-5-3-20(27)13-22(23)28/h2-5,12-14,16-17H,6-11,15H2,1H3. The van der Waals surface area contributed by atoms with Gasteiger partial charge in [0, 0.05) is 44.2 Å². The molecule has 1 aromatic heterocycles. The zero-order valence-electron chi connectivity index (χ0n) is 19.4. The smallest absolute Gasteiger partial charge is 0.226 e. The number of aromatic nitrogens is 2. The molecule has 5 rings (SSSR count). The van der Waals surface area contributed by atoms with Gasteiger partial charge >= 0.3 is 0 Å². The van der Waals surface area contributed by atoms with Gasteiger partial charge in [-0.05, 0) is 54.7 Å². The average Bonchev–Trinajstić information content (AvgIpc) is 2.89. The van der Waals surface area contributed by atoms with Crippen molar-refractivity contribution in [2.45, 2.75) is 25.8 Å². The van der Waals surface area contributed by atoms with Gasteiger partial charge in [0.2, 0.25) is 11.8 Å². The van der Waals surface area contributed by atoms with Crippen molar-refractivity contribution in [3.8, 4) is 17.4 Å². The third kappa shape index (κ3) is 5.03. The first-order chi connectivity index (χ1) is 17.0. The van der Waals surface area contributed by atoms with Gasteiger partial charge in [0.15, 0.2) is 11.6 Å². The van der Waals surface area contributed by atoms with Gasteiger partial charge in [-0.3, -0.25) is 4.79 Å². The van der Waals surface area contributed by atoms with E-state index in [-0.39, 0.29) is 23.5 Å². The van der Waals surface area contributed by atoms with E-state index in [1.54, 1.807) is 13.2 Å². The van der Waals surface area contributed by atoms with Crippen LogP contribution in [0, 0.1) is 17.6 Å². The Bertz CT molecular complexity index is 1230. The molecule has 0 saturated carbocycles. The Morgan fingerprint density at radius 1 is 1.00 bits per heavy atom. The minimum Gasteiger partial charge on any atom is -0.497 e. The van der Waals surface area contributed by atoms with Crippen LogP contribution in [-0.2, 0) is 17.8 Å². The lowest BCUT2D eigenvalue weighted by molar-refractivity contribution is -0.137. The third-order valence-electron chi connectivity index (χ3n) is 6.64. The van der Waals surface area contributed by atoms with Gasteiger partial charge in [0.1, 0.15) is 23.7 Å². The number of piperidine rings is 1. The highest BCUT2D eigenvalue weighted by Crippen LogP contribution is 2.30. The Balaban J connectivity index is 1.19. The number of nitrogens with zero attached hydrogens (tertiary/aromatic N) is 4. The minimum absolute atomic E-state index is 0.0306. The fourth-order valence-corrected chi connectivity index (χ4v) is 4.69. The molecular formula is C26H26F2N4O3. The Hall–Kier alpha value is -3.75. The molecule has 7 nitrogen and oxygen atoms in total. The van der Waals surface area contributed by atoms with Gasteiger partial charge in [-0.15, -0.1) is 0 Å². The fraction of sp³-hybridized carbons (Fsp3) is 0.346. The molecule has 9 heteroatoms. The zero-order valence-corrected chi connectivity index (χ0v) is 19.4. The molecule has 2 aromatic carbocycles. The van der Waals surface area contributed by atoms with Crippen molar-refractivity contribution in [2.24, 2.45) is 5.92 Å². The number of hydrogen-bond acceptors (Lipinski definition) is 6. The van der Waals surface area contributed by atoms with Crippen molar-refractivity contribution < 1.29 is 23.0 Å². The Labute approximate surface area is 202 Å². The van der Waals surface area contributed by atoms with Crippen LogP contribution in [0.4, 0.5) is 14.6 Å². The molecule has 2 aliphatic heterocycles. The topological polar surface area (TPSA) is 67.8 Å². The number of anilines is 1. The normalized spacial score (nSPS) is 16.1. The van der Waals surface area contributed by atoms with E-state index in [9.17, 15) is 13.6 Å². The summed E-state index contributed by atoms with van der Waals surface area (Å²) in [4.78, 5) is 25.6. The molecule has 0 aliphatic carbocycles. The first-order valence-electron chi connectivity index (χ1n) is 11.6. The van der Waals surface area contributed by atoms with E-state index in [0.717, 1.165) is 37.1 Å². The molecule has 1 amide bonds. The lowest BCUT2D eigenvalue weighted by Crippen LogP contribution is -2.44. The van der Waals surface area contributed by atoms with Gasteiger partial charge in [-0.1, -0.05) is 6.07 Å². The number of rotatable bonds is 5. The number of carbonyl (C=O) groups is 1. The maximum absolute atomic E-state index is 13.9. The summed E-state index contributed by atoms with van der Waals surface area (Å²) in [7, 11) is 1.66. The van der Waals surface area contributed by atoms with Crippen molar-refractivity contribution >= 4 is 11.7 Å². The van der Waals surface area contributed by atoms with E-state index < -0.39 is 11.6 Å². The number of benzene rings is 2. The molecule has 0 atom stereocenters. The number of amides is 1. The molecule has 0 bridgehead atoms. The van der Waals surface area contributed by atoms with Crippen LogP contribution in [0.5, 0.6) is 17.4 Å². The molecule has 0 radical (unpaired) electrons. The van der Waals surface area contributed by atoms with E-state index in [4.69, 9.17) is 9.47 Å². The summed E-state index contributed by atoms with van der Waals surface area (Å²) in [5, 5.41) is 0. The summed E-state index contributed by atoms with van der Waals surface area (Å²) < 4.78 is 37.9. The first-order valence-corrected chi connectivity index (χ1v) is 11.6. The van der Waals surface area contributed by atoms with Crippen LogP contribution in [0.2, 0.25) is 0 Å². The summed E-state index contributed by atoms with van der Waals surface area (Å²) in [6.07, 6.45) is 3.62. The molecule has 1 saturated heterocycles. The molecule has 1 fully saturated rings. The molecule has 0 unspecified atom stereocenters. The van der Waals surface area contributed by atoms with Crippen LogP contribution in [0.1, 0.15) is 24.0 Å². The molecule has 35 heavy (non-hydrogen) atoms. The zero-order chi connectivity index (χ0) is 24.4. The summed E-state index contributed by atoms with van der Waals surface area (Å²) in [6.45, 7) is 2.68. The Morgan fingerprint density at radius 2 is 1.83 bits per heavy atom. The van der Waals surface area contributed by atoms with Crippen molar-refractivity contribution in [2.75, 3.05) is 31.6 Å². The van der Waals surface area contributed by atoms with Crippen molar-refractivity contribution in [1.82, 2.24) is 14.9 Å². The number of halogens is 2. The van der Waals surface area contributed by atoms with Crippen LogP contribution in [0.3, 0.4) is 0 Å². The Morgan fingerprint density at radius 3 is 2.60 bits per heavy atom. The van der Waals surface area contributed by atoms with Crippen molar-refractivity contribution in [3.05, 3.63) is 71.6 Å². The van der Waals surface area contributed by atoms with E-state index in [0.29, 0.717) is 32.0 Å². The van der Waals surface area contributed by atoms with Crippen LogP contribution in [-0.4, -0.2) is 47.5 Å². The quantitative estimate of drug-likeness (QED) is 0.541. The molecule has 0 spiro atoms. The highest BCUT2D eigenvalue weighted by molar-refractivity contribution is 5.79. The monoisotopic (exact) mass is 480 g/mol. The Kier molecular flexibility index (Phi) is 6.48. The van der Waals surface area contributed by atoms with E-state index >= 15 is 0 Å². The second kappa shape index (κ2) is 9.85. The maximum Gasteiger partial charge on any atom is 0.226 e. The predicted molar refractivity (Wildman–Crippen MR) is 126 cm³/mol. The van der Waals surface area contributed by atoms with Crippen molar-refractivity contribution in [1.29, 1.82) is 0 Å². The van der Waals surface area contributed by atoms with E-state index in [1.165, 1.54) is 23.5 Å². The van der Waals surface area contributed by atoms with E-state index in [2.05, 4.69) is 20.9 Å². The number of ether oxygens (including phenoxy) is 2. The second-order valence-electron chi connectivity index (χ2n) is 8.80. The largest absolute Gasteiger partial charge is 0.497 e. The highest BCUT2D eigenvalue weighted by atomic mass is 19.1. The van der Waals surface area contributed by atoms with Crippen LogP contribution >= 0.6 is 0 Å². The summed E-state index contributed by atoms with van der Waals surface area (Å²) in [5.74, 6) is 0.237. The van der Waals surface area contributed by atoms with Crippen LogP contribution in [0.15, 0.2) is 48.8 Å². The minimum atomic E-state index is -0.802. The number of methoxy groups -OCH3 is 1. The van der Waals surface area contributed by atoms with E-state index in [1.807, 2.05) is 17.0 Å². The van der Waals surface area contributed by atoms with Gasteiger partial charge in [0.05, 0.1) is 7.11 Å². The van der Waals surface area contributed by atoms with Crippen molar-refractivity contribution in [3.63, 3.8) is 0 Å². The fourth-order valence-electron chi connectivity index (χ4n) is 4.69. The number of hydrogen-bond donors (Lipinski definition) is 0. The van der Waals surface area contributed by atoms with Gasteiger partial charge in [-0.2, -0.15) is 0 Å². The maximum atomic E-state index is 13.9. The van der Waals surface area contributed by atoms with Crippen LogP contribution in [0.25, 0.3) is 0 Å². The molecule has 2 aliphatic rings. The SMILES string of the molecule is COc1ccc2c(c1)CCN(C(=O)C1CCN(c3cc(Oc4ccc(F)cc4F)ncn3)CC1)C2. The van der Waals surface area contributed by atoms with Gasteiger partial charge in [-0.25, -0.2) is 18.7 Å². The predicted octanol–water partition coefficient (Wildman–Crippen LogP) is 4.36. The molecule has 3 heterocycles. The van der Waals surface area contributed by atoms with Gasteiger partial charge in [0.25, 0.3) is 0 Å². The molecule has 3 aromatic rings. The van der Waals surface area contributed by atoms with Gasteiger partial charge < -0.3 is 19.3 Å². The third-order valence-corrected chi connectivity index (χ3v) is 6.64. The average molecular weight is 481 g/mol. The number of carbonyl (C=O) groups excluding carboxylic acids is 1.